The lowest BCUT2D eigenvalue weighted by atomic mass is 10.0. The van der Waals surface area contributed by atoms with E-state index in [9.17, 15) is 0 Å². The molecule has 2 nitrogen and oxygen atoms in total. The van der Waals surface area contributed by atoms with Crippen LogP contribution in [0.4, 0.5) is 0 Å². The van der Waals surface area contributed by atoms with E-state index in [4.69, 9.17) is 0 Å². The minimum atomic E-state index is 0.611. The third-order valence-corrected chi connectivity index (χ3v) is 3.28. The van der Waals surface area contributed by atoms with Crippen LogP contribution in [0, 0.1) is 5.92 Å². The van der Waals surface area contributed by atoms with Gasteiger partial charge in [-0.2, -0.15) is 0 Å². The highest BCUT2D eigenvalue weighted by Gasteiger charge is 2.20. The first-order valence-corrected chi connectivity index (χ1v) is 5.84. The average Bonchev–Trinajstić information content (AvgIpc) is 2.81. The fourth-order valence-electron chi connectivity index (χ4n) is 2.15. The number of hydrogen-bond acceptors (Lipinski definition) is 2. The minimum Gasteiger partial charge on any atom is -0.316 e. The molecule has 0 amide bonds. The zero-order valence-electron chi connectivity index (χ0n) is 9.37. The van der Waals surface area contributed by atoms with Crippen LogP contribution in [-0.4, -0.2) is 19.1 Å². The lowest BCUT2D eigenvalue weighted by molar-refractivity contribution is 0.398. The highest BCUT2D eigenvalue weighted by molar-refractivity contribution is 5.14. The monoisotopic (exact) mass is 204 g/mol. The molecule has 1 fully saturated rings. The summed E-state index contributed by atoms with van der Waals surface area (Å²) in [7, 11) is 0. The minimum absolute atomic E-state index is 0.611. The molecule has 0 spiro atoms. The molecule has 1 aliphatic heterocycles. The van der Waals surface area contributed by atoms with Gasteiger partial charge in [0.05, 0.1) is 0 Å². The van der Waals surface area contributed by atoms with Crippen molar-refractivity contribution in [3.8, 4) is 0 Å². The summed E-state index contributed by atoms with van der Waals surface area (Å²) in [5, 5.41) is 7.01. The molecular formula is C13H20N2. The predicted octanol–water partition coefficient (Wildman–Crippen LogP) is 1.77. The van der Waals surface area contributed by atoms with E-state index in [1.54, 1.807) is 0 Å². The van der Waals surface area contributed by atoms with Gasteiger partial charge in [0.15, 0.2) is 0 Å². The normalized spacial score (nSPS) is 22.9. The third-order valence-electron chi connectivity index (χ3n) is 3.28. The van der Waals surface area contributed by atoms with Gasteiger partial charge in [0, 0.05) is 12.6 Å². The van der Waals surface area contributed by atoms with E-state index in [0.29, 0.717) is 6.04 Å². The van der Waals surface area contributed by atoms with Crippen LogP contribution in [0.3, 0.4) is 0 Å². The Hall–Kier alpha value is -0.860. The third kappa shape index (κ3) is 3.05. The van der Waals surface area contributed by atoms with Crippen LogP contribution in [-0.2, 0) is 6.54 Å². The van der Waals surface area contributed by atoms with E-state index in [1.807, 2.05) is 0 Å². The molecule has 15 heavy (non-hydrogen) atoms. The number of hydrogen-bond donors (Lipinski definition) is 2. The summed E-state index contributed by atoms with van der Waals surface area (Å²) in [6.07, 6.45) is 1.31. The fourth-order valence-corrected chi connectivity index (χ4v) is 2.15. The first kappa shape index (κ1) is 10.7. The molecule has 2 atom stereocenters. The molecule has 0 saturated carbocycles. The Balaban J connectivity index is 1.77. The van der Waals surface area contributed by atoms with Crippen molar-refractivity contribution >= 4 is 0 Å². The predicted molar refractivity (Wildman–Crippen MR) is 63.7 cm³/mol. The molecule has 82 valence electrons. The molecule has 0 radical (unpaired) electrons. The Morgan fingerprint density at radius 1 is 1.40 bits per heavy atom. The van der Waals surface area contributed by atoms with Gasteiger partial charge in [0.2, 0.25) is 0 Å². The van der Waals surface area contributed by atoms with Crippen molar-refractivity contribution in [1.82, 2.24) is 10.6 Å². The smallest absolute Gasteiger partial charge is 0.0208 e. The molecule has 1 aromatic carbocycles. The van der Waals surface area contributed by atoms with Crippen molar-refractivity contribution < 1.29 is 0 Å². The summed E-state index contributed by atoms with van der Waals surface area (Å²) in [6.45, 7) is 5.63. The van der Waals surface area contributed by atoms with Gasteiger partial charge in [-0.15, -0.1) is 0 Å². The second-order valence-electron chi connectivity index (χ2n) is 4.41. The largest absolute Gasteiger partial charge is 0.316 e. The van der Waals surface area contributed by atoms with Crippen LogP contribution in [0.1, 0.15) is 18.9 Å². The molecule has 1 aromatic rings. The molecule has 1 aliphatic rings. The molecule has 1 saturated heterocycles. The summed E-state index contributed by atoms with van der Waals surface area (Å²) in [5.41, 5.74) is 1.37. The summed E-state index contributed by atoms with van der Waals surface area (Å²) < 4.78 is 0. The topological polar surface area (TPSA) is 24.1 Å². The highest BCUT2D eigenvalue weighted by atomic mass is 15.0. The lowest BCUT2D eigenvalue weighted by Crippen LogP contribution is -2.34. The van der Waals surface area contributed by atoms with E-state index in [2.05, 4.69) is 47.9 Å². The van der Waals surface area contributed by atoms with Crippen molar-refractivity contribution in [3.05, 3.63) is 35.9 Å². The fraction of sp³-hybridized carbons (Fsp3) is 0.538. The quantitative estimate of drug-likeness (QED) is 0.781. The van der Waals surface area contributed by atoms with Crippen LogP contribution < -0.4 is 10.6 Å². The van der Waals surface area contributed by atoms with Gasteiger partial charge < -0.3 is 10.6 Å². The van der Waals surface area contributed by atoms with Gasteiger partial charge in [-0.25, -0.2) is 0 Å². The standard InChI is InChI=1S/C13H20N2/c1-11(13-7-8-14-10-13)15-9-12-5-3-2-4-6-12/h2-6,11,13-15H,7-10H2,1H3. The van der Waals surface area contributed by atoms with Crippen LogP contribution in [0.2, 0.25) is 0 Å². The van der Waals surface area contributed by atoms with Crippen molar-refractivity contribution in [2.45, 2.75) is 25.9 Å². The highest BCUT2D eigenvalue weighted by Crippen LogP contribution is 2.12. The summed E-state index contributed by atoms with van der Waals surface area (Å²) in [6, 6.07) is 11.2. The van der Waals surface area contributed by atoms with E-state index in [-0.39, 0.29) is 0 Å². The maximum absolute atomic E-state index is 3.60. The number of nitrogens with one attached hydrogen (secondary N) is 2. The Kier molecular flexibility index (Phi) is 3.75. The van der Waals surface area contributed by atoms with Crippen molar-refractivity contribution in [3.63, 3.8) is 0 Å². The van der Waals surface area contributed by atoms with Crippen LogP contribution in [0.5, 0.6) is 0 Å². The summed E-state index contributed by atoms with van der Waals surface area (Å²) in [4.78, 5) is 0. The van der Waals surface area contributed by atoms with Gasteiger partial charge in [-0.05, 0) is 37.9 Å². The van der Waals surface area contributed by atoms with Gasteiger partial charge in [0.25, 0.3) is 0 Å². The zero-order valence-corrected chi connectivity index (χ0v) is 9.37. The Bertz CT molecular complexity index is 278. The van der Waals surface area contributed by atoms with E-state index in [1.165, 1.54) is 25.1 Å². The van der Waals surface area contributed by atoms with E-state index in [0.717, 1.165) is 12.5 Å². The van der Waals surface area contributed by atoms with Crippen LogP contribution in [0.15, 0.2) is 30.3 Å². The molecule has 0 aromatic heterocycles. The summed E-state index contributed by atoms with van der Waals surface area (Å²) in [5.74, 6) is 0.800. The van der Waals surface area contributed by atoms with Gasteiger partial charge in [0.1, 0.15) is 0 Å². The lowest BCUT2D eigenvalue weighted by Gasteiger charge is -2.19. The van der Waals surface area contributed by atoms with E-state index < -0.39 is 0 Å². The maximum Gasteiger partial charge on any atom is 0.0208 e. The van der Waals surface area contributed by atoms with Crippen LogP contribution in [0.25, 0.3) is 0 Å². The molecule has 2 heteroatoms. The molecular weight excluding hydrogens is 184 g/mol. The van der Waals surface area contributed by atoms with Gasteiger partial charge in [-0.1, -0.05) is 30.3 Å². The maximum atomic E-state index is 3.60. The van der Waals surface area contributed by atoms with E-state index >= 15 is 0 Å². The average molecular weight is 204 g/mol. The van der Waals surface area contributed by atoms with Gasteiger partial charge in [-0.3, -0.25) is 0 Å². The SMILES string of the molecule is CC(NCc1ccccc1)C1CCNC1. The Morgan fingerprint density at radius 3 is 2.87 bits per heavy atom. The second-order valence-corrected chi connectivity index (χ2v) is 4.41. The van der Waals surface area contributed by atoms with Crippen LogP contribution >= 0.6 is 0 Å². The van der Waals surface area contributed by atoms with Gasteiger partial charge >= 0.3 is 0 Å². The van der Waals surface area contributed by atoms with Crippen molar-refractivity contribution in [1.29, 1.82) is 0 Å². The molecule has 2 N–H and O–H groups in total. The molecule has 2 unspecified atom stereocenters. The molecule has 0 bridgehead atoms. The Labute approximate surface area is 92.1 Å². The van der Waals surface area contributed by atoms with Crippen molar-refractivity contribution in [2.75, 3.05) is 13.1 Å². The first-order chi connectivity index (χ1) is 7.36. The second kappa shape index (κ2) is 5.29. The molecule has 0 aliphatic carbocycles. The number of benzene rings is 1. The number of rotatable bonds is 4. The first-order valence-electron chi connectivity index (χ1n) is 5.84. The van der Waals surface area contributed by atoms with Crippen molar-refractivity contribution in [2.24, 2.45) is 5.92 Å². The Morgan fingerprint density at radius 2 is 2.20 bits per heavy atom. The molecule has 1 heterocycles. The zero-order chi connectivity index (χ0) is 10.5. The molecule has 2 rings (SSSR count). The summed E-state index contributed by atoms with van der Waals surface area (Å²) >= 11 is 0.